The van der Waals surface area contributed by atoms with Crippen molar-refractivity contribution in [3.63, 3.8) is 0 Å². The molecule has 0 heterocycles. The lowest BCUT2D eigenvalue weighted by Gasteiger charge is -2.23. The summed E-state index contributed by atoms with van der Waals surface area (Å²) in [4.78, 5) is 35.1. The number of amides is 2. The second kappa shape index (κ2) is 9.15. The molecule has 0 unspecified atom stereocenters. The number of rotatable bonds is 8. The highest BCUT2D eigenvalue weighted by molar-refractivity contribution is 5.90. The van der Waals surface area contributed by atoms with Gasteiger partial charge in [-0.25, -0.2) is 4.79 Å². The molecule has 2 N–H and O–H groups in total. The number of ether oxygens (including phenoxy) is 1. The second-order valence-electron chi connectivity index (χ2n) is 5.63. The van der Waals surface area contributed by atoms with Gasteiger partial charge in [-0.15, -0.1) is 6.58 Å². The predicted octanol–water partition coefficient (Wildman–Crippen LogP) is 1.16. The molecule has 0 spiro atoms. The van der Waals surface area contributed by atoms with Gasteiger partial charge in [-0.3, -0.25) is 9.59 Å². The fourth-order valence-corrected chi connectivity index (χ4v) is 1.90. The molecule has 21 heavy (non-hydrogen) atoms. The molecule has 0 bridgehead atoms. The zero-order valence-corrected chi connectivity index (χ0v) is 13.5. The Kier molecular flexibility index (Phi) is 8.35. The first-order chi connectivity index (χ1) is 9.67. The first-order valence-electron chi connectivity index (χ1n) is 6.97. The lowest BCUT2D eigenvalue weighted by Crippen LogP contribution is -2.52. The Hall–Kier alpha value is -1.85. The van der Waals surface area contributed by atoms with Gasteiger partial charge >= 0.3 is 5.97 Å². The van der Waals surface area contributed by atoms with Gasteiger partial charge in [0.25, 0.3) is 0 Å². The minimum atomic E-state index is -0.788. The van der Waals surface area contributed by atoms with E-state index in [1.165, 1.54) is 14.0 Å². The molecule has 0 aliphatic rings. The Bertz CT molecular complexity index is 404. The third kappa shape index (κ3) is 8.12. The third-order valence-electron chi connectivity index (χ3n) is 2.76. The fourth-order valence-electron chi connectivity index (χ4n) is 1.90. The minimum Gasteiger partial charge on any atom is -0.467 e. The van der Waals surface area contributed by atoms with E-state index in [-0.39, 0.29) is 11.8 Å². The van der Waals surface area contributed by atoms with Gasteiger partial charge in [-0.1, -0.05) is 19.4 Å². The van der Waals surface area contributed by atoms with Crippen LogP contribution in [0.5, 0.6) is 0 Å². The Labute approximate surface area is 126 Å². The highest BCUT2D eigenvalue weighted by atomic mass is 16.5. The van der Waals surface area contributed by atoms with E-state index in [2.05, 4.69) is 21.9 Å². The minimum absolute atomic E-state index is 0.227. The summed E-state index contributed by atoms with van der Waals surface area (Å²) in [7, 11) is 1.26. The van der Waals surface area contributed by atoms with Crippen molar-refractivity contribution in [2.75, 3.05) is 7.11 Å². The van der Waals surface area contributed by atoms with E-state index in [0.29, 0.717) is 12.8 Å². The molecule has 2 atom stereocenters. The Balaban J connectivity index is 4.91. The quantitative estimate of drug-likeness (QED) is 0.520. The maximum absolute atomic E-state index is 12.3. The van der Waals surface area contributed by atoms with Crippen LogP contribution in [0.25, 0.3) is 0 Å². The molecule has 2 amide bonds. The topological polar surface area (TPSA) is 84.5 Å². The van der Waals surface area contributed by atoms with E-state index in [1.807, 2.05) is 13.8 Å². The van der Waals surface area contributed by atoms with Gasteiger partial charge < -0.3 is 15.4 Å². The van der Waals surface area contributed by atoms with Crippen molar-refractivity contribution in [3.8, 4) is 0 Å². The Morgan fingerprint density at radius 2 is 1.67 bits per heavy atom. The van der Waals surface area contributed by atoms with E-state index >= 15 is 0 Å². The summed E-state index contributed by atoms with van der Waals surface area (Å²) in [5.74, 6) is -0.983. The third-order valence-corrected chi connectivity index (χ3v) is 2.76. The molecule has 0 aliphatic carbocycles. The van der Waals surface area contributed by atoms with E-state index in [9.17, 15) is 14.4 Å². The molecule has 0 saturated heterocycles. The number of esters is 1. The largest absolute Gasteiger partial charge is 0.467 e. The average molecular weight is 298 g/mol. The van der Waals surface area contributed by atoms with Crippen LogP contribution in [-0.2, 0) is 19.1 Å². The van der Waals surface area contributed by atoms with Crippen molar-refractivity contribution in [1.82, 2.24) is 10.6 Å². The summed E-state index contributed by atoms with van der Waals surface area (Å²) in [6.45, 7) is 10.8. The summed E-state index contributed by atoms with van der Waals surface area (Å²) in [5, 5.41) is 5.22. The van der Waals surface area contributed by atoms with Crippen molar-refractivity contribution in [3.05, 3.63) is 12.2 Å². The van der Waals surface area contributed by atoms with Crippen LogP contribution in [0.1, 0.15) is 40.5 Å². The van der Waals surface area contributed by atoms with E-state index in [0.717, 1.165) is 5.57 Å². The average Bonchev–Trinajstić information content (AvgIpc) is 2.34. The molecule has 6 nitrogen and oxygen atoms in total. The van der Waals surface area contributed by atoms with Gasteiger partial charge in [0.05, 0.1) is 7.11 Å². The van der Waals surface area contributed by atoms with E-state index in [4.69, 9.17) is 0 Å². The number of carbonyl (C=O) groups excluding carboxylic acids is 3. The van der Waals surface area contributed by atoms with Crippen molar-refractivity contribution < 1.29 is 19.1 Å². The first kappa shape index (κ1) is 19.1. The molecular weight excluding hydrogens is 272 g/mol. The summed E-state index contributed by atoms with van der Waals surface area (Å²) in [5.41, 5.74) is 0.755. The highest BCUT2D eigenvalue weighted by Gasteiger charge is 2.27. The van der Waals surface area contributed by atoms with Gasteiger partial charge in [0.1, 0.15) is 12.1 Å². The lowest BCUT2D eigenvalue weighted by atomic mass is 10.0. The predicted molar refractivity (Wildman–Crippen MR) is 80.4 cm³/mol. The number of nitrogens with one attached hydrogen (secondary N) is 2. The molecule has 0 aliphatic heterocycles. The van der Waals surface area contributed by atoms with Gasteiger partial charge in [0.2, 0.25) is 11.8 Å². The molecule has 0 rings (SSSR count). The maximum Gasteiger partial charge on any atom is 0.328 e. The zero-order valence-electron chi connectivity index (χ0n) is 13.5. The molecule has 0 fully saturated rings. The molecule has 0 radical (unpaired) electrons. The van der Waals surface area contributed by atoms with Crippen LogP contribution in [0.15, 0.2) is 12.2 Å². The molecule has 120 valence electrons. The summed E-state index contributed by atoms with van der Waals surface area (Å²) >= 11 is 0. The Morgan fingerprint density at radius 3 is 2.05 bits per heavy atom. The van der Waals surface area contributed by atoms with Crippen LogP contribution in [0.3, 0.4) is 0 Å². The number of hydrogen-bond acceptors (Lipinski definition) is 4. The van der Waals surface area contributed by atoms with Crippen molar-refractivity contribution in [2.45, 2.75) is 52.6 Å². The van der Waals surface area contributed by atoms with Gasteiger partial charge in [0, 0.05) is 6.92 Å². The van der Waals surface area contributed by atoms with Crippen LogP contribution in [0.2, 0.25) is 0 Å². The monoisotopic (exact) mass is 298 g/mol. The number of carbonyl (C=O) groups is 3. The Morgan fingerprint density at radius 1 is 1.10 bits per heavy atom. The maximum atomic E-state index is 12.3. The molecule has 0 saturated carbocycles. The molecular formula is C15H26N2O4. The van der Waals surface area contributed by atoms with Crippen molar-refractivity contribution >= 4 is 17.8 Å². The van der Waals surface area contributed by atoms with E-state index < -0.39 is 24.0 Å². The van der Waals surface area contributed by atoms with Crippen LogP contribution in [-0.4, -0.2) is 37.0 Å². The summed E-state index contributed by atoms with van der Waals surface area (Å²) in [6.07, 6.45) is 0.791. The van der Waals surface area contributed by atoms with Crippen LogP contribution < -0.4 is 10.6 Å². The van der Waals surface area contributed by atoms with Gasteiger partial charge in [-0.2, -0.15) is 0 Å². The number of hydrogen-bond donors (Lipinski definition) is 2. The smallest absolute Gasteiger partial charge is 0.328 e. The standard InChI is InChI=1S/C15H26N2O4/c1-9(2)7-12(16-11(5)18)14(19)17-13(8-10(3)4)15(20)21-6/h9,12-13H,3,7-8H2,1-2,4-6H3,(H,16,18)(H,17,19)/t12-,13-/m0/s1. The number of methoxy groups -OCH3 is 1. The van der Waals surface area contributed by atoms with Crippen LogP contribution >= 0.6 is 0 Å². The normalized spacial score (nSPS) is 13.2. The summed E-state index contributed by atoms with van der Waals surface area (Å²) < 4.78 is 4.67. The van der Waals surface area contributed by atoms with Gasteiger partial charge in [-0.05, 0) is 25.7 Å². The van der Waals surface area contributed by atoms with Crippen LogP contribution in [0.4, 0.5) is 0 Å². The summed E-state index contributed by atoms with van der Waals surface area (Å²) in [6, 6.07) is -1.46. The van der Waals surface area contributed by atoms with Gasteiger partial charge in [0.15, 0.2) is 0 Å². The molecule has 0 aromatic carbocycles. The lowest BCUT2D eigenvalue weighted by molar-refractivity contribution is -0.145. The highest BCUT2D eigenvalue weighted by Crippen LogP contribution is 2.08. The SMILES string of the molecule is C=C(C)C[C@H](NC(=O)[C@H](CC(C)C)NC(C)=O)C(=O)OC. The van der Waals surface area contributed by atoms with Crippen molar-refractivity contribution in [1.29, 1.82) is 0 Å². The molecule has 6 heteroatoms. The molecule has 0 aromatic rings. The van der Waals surface area contributed by atoms with E-state index in [1.54, 1.807) is 6.92 Å². The zero-order chi connectivity index (χ0) is 16.6. The first-order valence-corrected chi connectivity index (χ1v) is 6.97. The molecule has 0 aromatic heterocycles. The van der Waals surface area contributed by atoms with Crippen LogP contribution in [0, 0.1) is 5.92 Å². The fraction of sp³-hybridized carbons (Fsp3) is 0.667. The van der Waals surface area contributed by atoms with Crippen molar-refractivity contribution in [2.24, 2.45) is 5.92 Å². The second-order valence-corrected chi connectivity index (χ2v) is 5.63.